The van der Waals surface area contributed by atoms with E-state index in [2.05, 4.69) is 20.5 Å². The molecule has 0 atom stereocenters. The summed E-state index contributed by atoms with van der Waals surface area (Å²) < 4.78 is 5.07. The summed E-state index contributed by atoms with van der Waals surface area (Å²) >= 11 is 0. The van der Waals surface area contributed by atoms with Gasteiger partial charge in [0.25, 0.3) is 0 Å². The Morgan fingerprint density at radius 2 is 1.96 bits per heavy atom. The number of nitrogens with one attached hydrogen (secondary N) is 2. The van der Waals surface area contributed by atoms with Gasteiger partial charge in [0.2, 0.25) is 5.91 Å². The maximum atomic E-state index is 11.7. The van der Waals surface area contributed by atoms with E-state index in [4.69, 9.17) is 4.74 Å². The molecule has 2 aliphatic rings. The predicted octanol–water partition coefficient (Wildman–Crippen LogP) is -0.117. The van der Waals surface area contributed by atoms with Crippen LogP contribution in [0.4, 0.5) is 0 Å². The second kappa shape index (κ2) is 9.08. The number of aliphatic imine (C=N–C) groups is 1. The van der Waals surface area contributed by atoms with E-state index in [-0.39, 0.29) is 12.5 Å². The van der Waals surface area contributed by atoms with Crippen molar-refractivity contribution in [3.05, 3.63) is 0 Å². The molecule has 0 bridgehead atoms. The number of hydrogen-bond acceptors (Lipinski definition) is 4. The minimum Gasteiger partial charge on any atom is -0.383 e. The van der Waals surface area contributed by atoms with Gasteiger partial charge in [0.1, 0.15) is 6.54 Å². The second-order valence-corrected chi connectivity index (χ2v) is 6.56. The lowest BCUT2D eigenvalue weighted by atomic mass is 10.1. The van der Waals surface area contributed by atoms with Crippen LogP contribution in [-0.4, -0.2) is 87.7 Å². The summed E-state index contributed by atoms with van der Waals surface area (Å²) in [5.41, 5.74) is 0. The van der Waals surface area contributed by atoms with Crippen molar-refractivity contribution in [3.8, 4) is 0 Å². The molecule has 0 aromatic heterocycles. The number of methoxy groups -OCH3 is 1. The standard InChI is InChI=1S/C16H31N5O2/c1-20(2)15(22)12-18-16(17-8-11-23-3)19-13-6-9-21(10-7-13)14-4-5-14/h13-14H,4-12H2,1-3H3,(H2,17,18,19). The fourth-order valence-electron chi connectivity index (χ4n) is 2.75. The molecule has 7 nitrogen and oxygen atoms in total. The molecule has 7 heteroatoms. The van der Waals surface area contributed by atoms with E-state index in [9.17, 15) is 4.79 Å². The van der Waals surface area contributed by atoms with Gasteiger partial charge in [-0.2, -0.15) is 0 Å². The van der Waals surface area contributed by atoms with E-state index in [1.807, 2.05) is 0 Å². The minimum atomic E-state index is 0.00129. The zero-order valence-electron chi connectivity index (χ0n) is 14.7. The van der Waals surface area contributed by atoms with Crippen LogP contribution in [0.1, 0.15) is 25.7 Å². The van der Waals surface area contributed by atoms with Crippen LogP contribution in [-0.2, 0) is 9.53 Å². The molecule has 1 heterocycles. The molecular weight excluding hydrogens is 294 g/mol. The molecule has 2 N–H and O–H groups in total. The molecular formula is C16H31N5O2. The summed E-state index contributed by atoms with van der Waals surface area (Å²) in [5, 5.41) is 6.71. The first kappa shape index (κ1) is 18.0. The van der Waals surface area contributed by atoms with Crippen LogP contribution >= 0.6 is 0 Å². The molecule has 0 aromatic rings. The van der Waals surface area contributed by atoms with Crippen molar-refractivity contribution < 1.29 is 9.53 Å². The molecule has 1 saturated heterocycles. The topological polar surface area (TPSA) is 69.2 Å². The Morgan fingerprint density at radius 1 is 1.26 bits per heavy atom. The summed E-state index contributed by atoms with van der Waals surface area (Å²) in [7, 11) is 5.17. The number of guanidine groups is 1. The number of carbonyl (C=O) groups excluding carboxylic acids is 1. The number of ether oxygens (including phenoxy) is 1. The molecule has 0 spiro atoms. The number of nitrogens with zero attached hydrogens (tertiary/aromatic N) is 3. The van der Waals surface area contributed by atoms with Gasteiger partial charge in [-0.3, -0.25) is 4.79 Å². The van der Waals surface area contributed by atoms with Crippen LogP contribution < -0.4 is 10.6 Å². The smallest absolute Gasteiger partial charge is 0.243 e. The van der Waals surface area contributed by atoms with Crippen molar-refractivity contribution in [1.82, 2.24) is 20.4 Å². The highest BCUT2D eigenvalue weighted by atomic mass is 16.5. The average Bonchev–Trinajstić information content (AvgIpc) is 3.37. The number of likely N-dealkylation sites (tertiary alicyclic amines) is 1. The summed E-state index contributed by atoms with van der Waals surface area (Å²) in [6.07, 6.45) is 5.00. The fraction of sp³-hybridized carbons (Fsp3) is 0.875. The third kappa shape index (κ3) is 6.35. The van der Waals surface area contributed by atoms with E-state index < -0.39 is 0 Å². The van der Waals surface area contributed by atoms with Crippen molar-refractivity contribution in [1.29, 1.82) is 0 Å². The van der Waals surface area contributed by atoms with E-state index in [1.165, 1.54) is 12.8 Å². The SMILES string of the molecule is COCCNC(=NCC(=O)N(C)C)NC1CCN(C2CC2)CC1. The Hall–Kier alpha value is -1.34. The van der Waals surface area contributed by atoms with Gasteiger partial charge in [-0.15, -0.1) is 0 Å². The zero-order valence-corrected chi connectivity index (χ0v) is 14.7. The van der Waals surface area contributed by atoms with E-state index >= 15 is 0 Å². The summed E-state index contributed by atoms with van der Waals surface area (Å²) in [5.74, 6) is 0.712. The highest BCUT2D eigenvalue weighted by molar-refractivity contribution is 5.84. The molecule has 1 saturated carbocycles. The lowest BCUT2D eigenvalue weighted by Gasteiger charge is -2.33. The Labute approximate surface area is 139 Å². The maximum absolute atomic E-state index is 11.7. The van der Waals surface area contributed by atoms with Gasteiger partial charge in [-0.1, -0.05) is 0 Å². The molecule has 23 heavy (non-hydrogen) atoms. The van der Waals surface area contributed by atoms with E-state index in [0.717, 1.165) is 32.0 Å². The van der Waals surface area contributed by atoms with Crippen molar-refractivity contribution in [2.24, 2.45) is 4.99 Å². The monoisotopic (exact) mass is 325 g/mol. The highest BCUT2D eigenvalue weighted by Gasteiger charge is 2.31. The lowest BCUT2D eigenvalue weighted by Crippen LogP contribution is -2.49. The molecule has 1 aliphatic carbocycles. The Bertz CT molecular complexity index is 401. The summed E-state index contributed by atoms with van der Waals surface area (Å²) in [6.45, 7) is 3.77. The molecule has 1 aliphatic heterocycles. The second-order valence-electron chi connectivity index (χ2n) is 6.56. The van der Waals surface area contributed by atoms with Crippen LogP contribution in [0.2, 0.25) is 0 Å². The molecule has 132 valence electrons. The number of carbonyl (C=O) groups is 1. The molecule has 0 aromatic carbocycles. The van der Waals surface area contributed by atoms with Crippen molar-refractivity contribution in [2.45, 2.75) is 37.8 Å². The van der Waals surface area contributed by atoms with Gasteiger partial charge in [0, 0.05) is 52.9 Å². The van der Waals surface area contributed by atoms with Crippen LogP contribution in [0.15, 0.2) is 4.99 Å². The normalized spacial score (nSPS) is 20.4. The van der Waals surface area contributed by atoms with E-state index in [0.29, 0.717) is 25.2 Å². The summed E-state index contributed by atoms with van der Waals surface area (Å²) in [6, 6.07) is 1.27. The number of amides is 1. The highest BCUT2D eigenvalue weighted by Crippen LogP contribution is 2.29. The largest absolute Gasteiger partial charge is 0.383 e. The van der Waals surface area contributed by atoms with E-state index in [1.54, 1.807) is 26.1 Å². The van der Waals surface area contributed by atoms with Crippen LogP contribution in [0.3, 0.4) is 0 Å². The van der Waals surface area contributed by atoms with Crippen LogP contribution in [0.5, 0.6) is 0 Å². The third-order valence-electron chi connectivity index (χ3n) is 4.40. The van der Waals surface area contributed by atoms with Gasteiger partial charge in [0.05, 0.1) is 6.61 Å². The molecule has 2 fully saturated rings. The Balaban J connectivity index is 1.80. The molecule has 2 rings (SSSR count). The number of likely N-dealkylation sites (N-methyl/N-ethyl adjacent to an activating group) is 1. The van der Waals surface area contributed by atoms with Gasteiger partial charge in [-0.25, -0.2) is 4.99 Å². The number of piperidine rings is 1. The number of hydrogen-bond donors (Lipinski definition) is 2. The van der Waals surface area contributed by atoms with Gasteiger partial charge in [0.15, 0.2) is 5.96 Å². The first-order valence-corrected chi connectivity index (χ1v) is 8.58. The first-order valence-electron chi connectivity index (χ1n) is 8.58. The van der Waals surface area contributed by atoms with Crippen molar-refractivity contribution in [2.75, 3.05) is 54.0 Å². The molecule has 1 amide bonds. The fourth-order valence-corrected chi connectivity index (χ4v) is 2.75. The minimum absolute atomic E-state index is 0.00129. The predicted molar refractivity (Wildman–Crippen MR) is 91.6 cm³/mol. The van der Waals surface area contributed by atoms with Gasteiger partial charge >= 0.3 is 0 Å². The third-order valence-corrected chi connectivity index (χ3v) is 4.40. The first-order chi connectivity index (χ1) is 11.1. The Kier molecular flexibility index (Phi) is 7.11. The van der Waals surface area contributed by atoms with Gasteiger partial charge < -0.3 is 25.2 Å². The lowest BCUT2D eigenvalue weighted by molar-refractivity contribution is -0.127. The van der Waals surface area contributed by atoms with Crippen LogP contribution in [0, 0.1) is 0 Å². The zero-order chi connectivity index (χ0) is 16.7. The Morgan fingerprint density at radius 3 is 2.52 bits per heavy atom. The summed E-state index contributed by atoms with van der Waals surface area (Å²) in [4.78, 5) is 20.3. The van der Waals surface area contributed by atoms with Gasteiger partial charge in [-0.05, 0) is 25.7 Å². The average molecular weight is 325 g/mol. The van der Waals surface area contributed by atoms with Crippen LogP contribution in [0.25, 0.3) is 0 Å². The molecule has 0 unspecified atom stereocenters. The molecule has 0 radical (unpaired) electrons. The quantitative estimate of drug-likeness (QED) is 0.388. The number of rotatable bonds is 7. The van der Waals surface area contributed by atoms with Crippen molar-refractivity contribution in [3.63, 3.8) is 0 Å². The maximum Gasteiger partial charge on any atom is 0.243 e. The van der Waals surface area contributed by atoms with Crippen molar-refractivity contribution >= 4 is 11.9 Å².